The van der Waals surface area contributed by atoms with E-state index in [0.29, 0.717) is 0 Å². The Hall–Kier alpha value is -1.29. The smallest absolute Gasteiger partial charge is 0.129 e. The van der Waals surface area contributed by atoms with Gasteiger partial charge in [-0.3, -0.25) is 0 Å². The summed E-state index contributed by atoms with van der Waals surface area (Å²) in [5.41, 5.74) is 0.808. The van der Waals surface area contributed by atoms with E-state index >= 15 is 0 Å². The predicted molar refractivity (Wildman–Crippen MR) is 68.1 cm³/mol. The molecule has 0 bridgehead atoms. The Morgan fingerprint density at radius 1 is 0.889 bits per heavy atom. The molecular formula is C14H10BrF3. The largest absolute Gasteiger partial charge is 0.207 e. The monoisotopic (exact) mass is 314 g/mol. The number of benzene rings is 2. The van der Waals surface area contributed by atoms with Crippen molar-refractivity contribution in [1.29, 1.82) is 0 Å². The van der Waals surface area contributed by atoms with Crippen molar-refractivity contribution in [2.24, 2.45) is 0 Å². The van der Waals surface area contributed by atoms with Crippen LogP contribution in [0.15, 0.2) is 42.5 Å². The minimum Gasteiger partial charge on any atom is -0.207 e. The van der Waals surface area contributed by atoms with Crippen LogP contribution in [0.1, 0.15) is 16.0 Å². The highest BCUT2D eigenvalue weighted by molar-refractivity contribution is 9.09. The molecule has 0 saturated carbocycles. The minimum atomic E-state index is -0.568. The highest BCUT2D eigenvalue weighted by Gasteiger charge is 2.15. The normalized spacial score (nSPS) is 12.4. The molecule has 0 saturated heterocycles. The maximum atomic E-state index is 13.5. The van der Waals surface area contributed by atoms with Crippen LogP contribution in [0.4, 0.5) is 13.2 Å². The van der Waals surface area contributed by atoms with Crippen LogP contribution < -0.4 is 0 Å². The van der Waals surface area contributed by atoms with Gasteiger partial charge in [-0.25, -0.2) is 13.2 Å². The third-order valence-corrected chi connectivity index (χ3v) is 3.53. The fourth-order valence-electron chi connectivity index (χ4n) is 1.70. The van der Waals surface area contributed by atoms with Crippen molar-refractivity contribution in [3.63, 3.8) is 0 Å². The van der Waals surface area contributed by atoms with Gasteiger partial charge >= 0.3 is 0 Å². The Labute approximate surface area is 112 Å². The number of rotatable bonds is 3. The summed E-state index contributed by atoms with van der Waals surface area (Å²) in [5, 5.41) is 0. The molecule has 0 nitrogen and oxygen atoms in total. The van der Waals surface area contributed by atoms with E-state index in [0.717, 1.165) is 5.56 Å². The summed E-state index contributed by atoms with van der Waals surface area (Å²) in [4.78, 5) is -0.260. The summed E-state index contributed by atoms with van der Waals surface area (Å²) in [6, 6.07) is 9.60. The van der Waals surface area contributed by atoms with Gasteiger partial charge in [0.2, 0.25) is 0 Å². The zero-order valence-corrected chi connectivity index (χ0v) is 10.9. The molecule has 0 aliphatic rings. The summed E-state index contributed by atoms with van der Waals surface area (Å²) in [5.74, 6) is -1.47. The summed E-state index contributed by atoms with van der Waals surface area (Å²) in [6.45, 7) is 0. The van der Waals surface area contributed by atoms with Crippen LogP contribution in [0, 0.1) is 17.5 Å². The van der Waals surface area contributed by atoms with Gasteiger partial charge in [0.05, 0.1) is 0 Å². The Bertz CT molecular complexity index is 517. The molecular weight excluding hydrogens is 305 g/mol. The average Bonchev–Trinajstić information content (AvgIpc) is 2.34. The molecule has 94 valence electrons. The SMILES string of the molecule is Fc1ccc(C(Br)Cc2c(F)cccc2F)cc1. The van der Waals surface area contributed by atoms with Gasteiger partial charge in [-0.1, -0.05) is 34.1 Å². The average molecular weight is 315 g/mol. The van der Waals surface area contributed by atoms with Gasteiger partial charge in [-0.15, -0.1) is 0 Å². The fourth-order valence-corrected chi connectivity index (χ4v) is 2.32. The van der Waals surface area contributed by atoms with Crippen molar-refractivity contribution in [3.05, 3.63) is 71.0 Å². The van der Waals surface area contributed by atoms with Gasteiger partial charge in [-0.2, -0.15) is 0 Å². The van der Waals surface area contributed by atoms with E-state index < -0.39 is 11.6 Å². The van der Waals surface area contributed by atoms with Gasteiger partial charge in [0.1, 0.15) is 17.5 Å². The third-order valence-electron chi connectivity index (χ3n) is 2.68. The predicted octanol–water partition coefficient (Wildman–Crippen LogP) is 4.78. The lowest BCUT2D eigenvalue weighted by molar-refractivity contribution is 0.554. The van der Waals surface area contributed by atoms with Crippen LogP contribution in [0.25, 0.3) is 0 Å². The first-order chi connectivity index (χ1) is 8.58. The molecule has 2 rings (SSSR count). The second kappa shape index (κ2) is 5.57. The van der Waals surface area contributed by atoms with Crippen molar-refractivity contribution >= 4 is 15.9 Å². The minimum absolute atomic E-state index is 0.0312. The van der Waals surface area contributed by atoms with Crippen LogP contribution >= 0.6 is 15.9 Å². The van der Waals surface area contributed by atoms with Gasteiger partial charge in [0.15, 0.2) is 0 Å². The van der Waals surface area contributed by atoms with Crippen LogP contribution in [-0.4, -0.2) is 0 Å². The lowest BCUT2D eigenvalue weighted by atomic mass is 10.0. The topological polar surface area (TPSA) is 0 Å². The summed E-state index contributed by atoms with van der Waals surface area (Å²) in [6.07, 6.45) is 0.171. The van der Waals surface area contributed by atoms with Crippen molar-refractivity contribution < 1.29 is 13.2 Å². The number of hydrogen-bond acceptors (Lipinski definition) is 0. The molecule has 0 fully saturated rings. The molecule has 18 heavy (non-hydrogen) atoms. The third kappa shape index (κ3) is 2.93. The Kier molecular flexibility index (Phi) is 4.07. The summed E-state index contributed by atoms with van der Waals surface area (Å²) in [7, 11) is 0. The molecule has 0 aliphatic heterocycles. The maximum Gasteiger partial charge on any atom is 0.129 e. The van der Waals surface area contributed by atoms with Crippen LogP contribution in [-0.2, 0) is 6.42 Å². The van der Waals surface area contributed by atoms with Gasteiger partial charge in [0, 0.05) is 10.4 Å². The molecule has 1 atom stereocenters. The quantitative estimate of drug-likeness (QED) is 0.715. The zero-order valence-electron chi connectivity index (χ0n) is 9.34. The van der Waals surface area contributed by atoms with E-state index in [1.165, 1.54) is 30.3 Å². The van der Waals surface area contributed by atoms with Crippen molar-refractivity contribution in [2.75, 3.05) is 0 Å². The van der Waals surface area contributed by atoms with Gasteiger partial charge in [-0.05, 0) is 36.2 Å². The molecule has 0 spiro atoms. The van der Waals surface area contributed by atoms with Crippen molar-refractivity contribution in [2.45, 2.75) is 11.2 Å². The standard InChI is InChI=1S/C14H10BrF3/c15-12(9-4-6-10(16)7-5-9)8-11-13(17)2-1-3-14(11)18/h1-7,12H,8H2. The van der Waals surface area contributed by atoms with E-state index in [4.69, 9.17) is 0 Å². The number of alkyl halides is 1. The molecule has 0 heterocycles. The lowest BCUT2D eigenvalue weighted by Gasteiger charge is -2.11. The molecule has 4 heteroatoms. The molecule has 2 aromatic rings. The molecule has 0 amide bonds. The highest BCUT2D eigenvalue weighted by Crippen LogP contribution is 2.29. The molecule has 0 aromatic heterocycles. The fraction of sp³-hybridized carbons (Fsp3) is 0.143. The Balaban J connectivity index is 2.21. The van der Waals surface area contributed by atoms with Crippen molar-refractivity contribution in [1.82, 2.24) is 0 Å². The molecule has 0 N–H and O–H groups in total. The van der Waals surface area contributed by atoms with Crippen LogP contribution in [0.3, 0.4) is 0 Å². The number of hydrogen-bond donors (Lipinski definition) is 0. The van der Waals surface area contributed by atoms with E-state index in [2.05, 4.69) is 15.9 Å². The van der Waals surface area contributed by atoms with Gasteiger partial charge in [0.25, 0.3) is 0 Å². The van der Waals surface area contributed by atoms with Crippen LogP contribution in [0.2, 0.25) is 0 Å². The van der Waals surface area contributed by atoms with Crippen LogP contribution in [0.5, 0.6) is 0 Å². The van der Waals surface area contributed by atoms with E-state index in [1.807, 2.05) is 0 Å². The molecule has 2 aromatic carbocycles. The molecule has 0 radical (unpaired) electrons. The summed E-state index contributed by atoms with van der Waals surface area (Å²) < 4.78 is 39.7. The first-order valence-electron chi connectivity index (χ1n) is 5.40. The molecule has 0 aliphatic carbocycles. The first kappa shape index (κ1) is 13.1. The Morgan fingerprint density at radius 2 is 1.44 bits per heavy atom. The lowest BCUT2D eigenvalue weighted by Crippen LogP contribution is -2.01. The number of halogens is 4. The maximum absolute atomic E-state index is 13.5. The summed E-state index contributed by atoms with van der Waals surface area (Å²) >= 11 is 3.36. The first-order valence-corrected chi connectivity index (χ1v) is 6.32. The Morgan fingerprint density at radius 3 is 2.00 bits per heavy atom. The highest BCUT2D eigenvalue weighted by atomic mass is 79.9. The molecule has 1 unspecified atom stereocenters. The van der Waals surface area contributed by atoms with Gasteiger partial charge < -0.3 is 0 Å². The zero-order chi connectivity index (χ0) is 13.1. The van der Waals surface area contributed by atoms with E-state index in [-0.39, 0.29) is 22.6 Å². The second-order valence-electron chi connectivity index (χ2n) is 3.92. The van der Waals surface area contributed by atoms with E-state index in [1.54, 1.807) is 12.1 Å². The second-order valence-corrected chi connectivity index (χ2v) is 5.03. The van der Waals surface area contributed by atoms with E-state index in [9.17, 15) is 13.2 Å². The van der Waals surface area contributed by atoms with Crippen molar-refractivity contribution in [3.8, 4) is 0 Å².